The predicted octanol–water partition coefficient (Wildman–Crippen LogP) is 8.07. The fourth-order valence-electron chi connectivity index (χ4n) is 5.44. The van der Waals surface area contributed by atoms with Crippen LogP contribution in [0, 0.1) is 0 Å². The van der Waals surface area contributed by atoms with Crippen molar-refractivity contribution in [2.75, 3.05) is 21.7 Å². The molecule has 3 fully saturated rings. The zero-order valence-electron chi connectivity index (χ0n) is 23.6. The first-order valence-electron chi connectivity index (χ1n) is 14.5. The first-order chi connectivity index (χ1) is 20.3. The Labute approximate surface area is 265 Å². The van der Waals surface area contributed by atoms with Gasteiger partial charge in [-0.1, -0.05) is 31.9 Å². The molecule has 236 valence electrons. The average molecular weight is 735 g/mol. The number of halogens is 6. The third-order valence-electron chi connectivity index (χ3n) is 7.95. The summed E-state index contributed by atoms with van der Waals surface area (Å²) in [6.07, 6.45) is 3.14. The maximum absolute atomic E-state index is 13.3. The molecule has 1 saturated heterocycles. The summed E-state index contributed by atoms with van der Waals surface area (Å²) in [5, 5.41) is 12.1. The molecule has 2 aromatic rings. The van der Waals surface area contributed by atoms with Crippen LogP contribution in [-0.2, 0) is 9.59 Å². The predicted molar refractivity (Wildman–Crippen MR) is 169 cm³/mol. The lowest BCUT2D eigenvalue weighted by Gasteiger charge is -2.30. The minimum atomic E-state index is -2.58. The van der Waals surface area contributed by atoms with E-state index in [1.807, 2.05) is 24.3 Å². The Balaban J connectivity index is 0.000000215. The number of carbonyl (C=O) groups excluding carboxylic acids is 2. The second-order valence-electron chi connectivity index (χ2n) is 11.5. The number of nitrogens with two attached hydrogens (primary N) is 1. The van der Waals surface area contributed by atoms with Gasteiger partial charge in [-0.05, 0) is 74.9 Å². The van der Waals surface area contributed by atoms with E-state index in [-0.39, 0.29) is 49.6 Å². The number of amides is 2. The summed E-state index contributed by atoms with van der Waals surface area (Å²) in [5.41, 5.74) is 8.57. The molecule has 3 aliphatic rings. The summed E-state index contributed by atoms with van der Waals surface area (Å²) in [6.45, 7) is 0. The first kappa shape index (κ1) is 33.4. The highest BCUT2D eigenvalue weighted by atomic mass is 79.9. The Morgan fingerprint density at radius 1 is 0.791 bits per heavy atom. The van der Waals surface area contributed by atoms with Gasteiger partial charge in [0, 0.05) is 53.1 Å². The molecule has 1 heterocycles. The third kappa shape index (κ3) is 10.3. The molecular weight excluding hydrogens is 698 g/mol. The van der Waals surface area contributed by atoms with Gasteiger partial charge in [-0.2, -0.15) is 0 Å². The van der Waals surface area contributed by atoms with Crippen LogP contribution in [0.3, 0.4) is 0 Å². The normalized spacial score (nSPS) is 22.0. The number of rotatable bonds is 6. The second kappa shape index (κ2) is 14.5. The minimum absolute atomic E-state index is 0.0406. The topological polar surface area (TPSA) is 108 Å². The van der Waals surface area contributed by atoms with Crippen LogP contribution in [0.25, 0.3) is 0 Å². The standard InChI is InChI=1S/C18H22BrF2N3O2.C12H15BrF2N2/c19-11-4-5-13(22-12-6-8-18(20,21)9-7-12)15(10-11)24-17(26)14-2-1-3-16(25)23-14;13-8-1-2-11(10(16)7-8)17-9-3-5-12(14,15)6-4-9/h4-5,10,12,14,22H,1-3,6-9H2,(H,23,25)(H,24,26);1-2,7,9,17H,3-6,16H2/t14-;/m0./s1. The largest absolute Gasteiger partial charge is 0.397 e. The maximum atomic E-state index is 13.3. The Bertz CT molecular complexity index is 1280. The summed E-state index contributed by atoms with van der Waals surface area (Å²) in [4.78, 5) is 24.0. The molecule has 7 nitrogen and oxygen atoms in total. The molecular formula is C30H37Br2F4N5O2. The summed E-state index contributed by atoms with van der Waals surface area (Å²) < 4.78 is 54.4. The van der Waals surface area contributed by atoms with Crippen LogP contribution in [-0.4, -0.2) is 41.8 Å². The Morgan fingerprint density at radius 2 is 1.30 bits per heavy atom. The van der Waals surface area contributed by atoms with Crippen molar-refractivity contribution in [2.45, 2.75) is 101 Å². The highest BCUT2D eigenvalue weighted by molar-refractivity contribution is 9.10. The van der Waals surface area contributed by atoms with E-state index in [9.17, 15) is 27.2 Å². The van der Waals surface area contributed by atoms with Crippen molar-refractivity contribution < 1.29 is 27.2 Å². The molecule has 0 spiro atoms. The van der Waals surface area contributed by atoms with E-state index in [2.05, 4.69) is 53.1 Å². The lowest BCUT2D eigenvalue weighted by molar-refractivity contribution is -0.128. The van der Waals surface area contributed by atoms with Gasteiger partial charge in [-0.15, -0.1) is 0 Å². The highest BCUT2D eigenvalue weighted by Gasteiger charge is 2.36. The average Bonchev–Trinajstić information content (AvgIpc) is 2.94. The zero-order valence-corrected chi connectivity index (χ0v) is 26.8. The smallest absolute Gasteiger partial charge is 0.248 e. The number of piperidine rings is 1. The second-order valence-corrected chi connectivity index (χ2v) is 13.3. The number of anilines is 4. The van der Waals surface area contributed by atoms with Gasteiger partial charge in [0.1, 0.15) is 6.04 Å². The number of nitrogen functional groups attached to an aromatic ring is 1. The molecule has 5 rings (SSSR count). The molecule has 0 radical (unpaired) electrons. The number of alkyl halides is 4. The van der Waals surface area contributed by atoms with E-state index in [0.717, 1.165) is 14.6 Å². The van der Waals surface area contributed by atoms with E-state index in [0.29, 0.717) is 62.0 Å². The molecule has 13 heteroatoms. The molecule has 0 aromatic heterocycles. The van der Waals surface area contributed by atoms with E-state index in [1.54, 1.807) is 12.1 Å². The molecule has 0 bridgehead atoms. The van der Waals surface area contributed by atoms with Crippen molar-refractivity contribution in [1.82, 2.24) is 5.32 Å². The van der Waals surface area contributed by atoms with E-state index in [1.165, 1.54) is 0 Å². The minimum Gasteiger partial charge on any atom is -0.397 e. The van der Waals surface area contributed by atoms with Crippen molar-refractivity contribution in [3.63, 3.8) is 0 Å². The molecule has 2 amide bonds. The lowest BCUT2D eigenvalue weighted by atomic mass is 9.92. The first-order valence-corrected chi connectivity index (χ1v) is 16.1. The van der Waals surface area contributed by atoms with Crippen LogP contribution >= 0.6 is 31.9 Å². The Morgan fingerprint density at radius 3 is 1.84 bits per heavy atom. The van der Waals surface area contributed by atoms with Gasteiger partial charge in [-0.3, -0.25) is 9.59 Å². The van der Waals surface area contributed by atoms with Gasteiger partial charge < -0.3 is 27.0 Å². The van der Waals surface area contributed by atoms with Crippen molar-refractivity contribution in [3.05, 3.63) is 45.3 Å². The molecule has 6 N–H and O–H groups in total. The molecule has 1 aliphatic heterocycles. The SMILES string of the molecule is Nc1cc(Br)ccc1NC1CCC(F)(F)CC1.O=C1CCC[C@@H](C(=O)Nc2cc(Br)ccc2NC2CCC(F)(F)CC2)N1. The molecule has 2 saturated carbocycles. The van der Waals surface area contributed by atoms with Crippen LogP contribution in [0.5, 0.6) is 0 Å². The molecule has 0 unspecified atom stereocenters. The van der Waals surface area contributed by atoms with Crippen molar-refractivity contribution in [2.24, 2.45) is 0 Å². The zero-order chi connectivity index (χ0) is 31.2. The van der Waals surface area contributed by atoms with Crippen LogP contribution in [0.1, 0.15) is 70.6 Å². The number of hydrogen-bond acceptors (Lipinski definition) is 5. The fraction of sp³-hybridized carbons (Fsp3) is 0.533. The van der Waals surface area contributed by atoms with Gasteiger partial charge in [0.15, 0.2) is 0 Å². The van der Waals surface area contributed by atoms with Gasteiger partial charge in [-0.25, -0.2) is 17.6 Å². The Kier molecular flexibility index (Phi) is 11.2. The van der Waals surface area contributed by atoms with Gasteiger partial charge >= 0.3 is 0 Å². The molecule has 2 aliphatic carbocycles. The third-order valence-corrected chi connectivity index (χ3v) is 8.94. The van der Waals surface area contributed by atoms with E-state index in [4.69, 9.17) is 5.73 Å². The van der Waals surface area contributed by atoms with Crippen molar-refractivity contribution in [1.29, 1.82) is 0 Å². The highest BCUT2D eigenvalue weighted by Crippen LogP contribution is 2.37. The summed E-state index contributed by atoms with van der Waals surface area (Å²) in [5.74, 6) is -5.45. The van der Waals surface area contributed by atoms with Crippen LogP contribution < -0.4 is 27.0 Å². The van der Waals surface area contributed by atoms with E-state index < -0.39 is 17.9 Å². The molecule has 2 aromatic carbocycles. The molecule has 1 atom stereocenters. The number of carbonyl (C=O) groups is 2. The number of nitrogens with one attached hydrogen (secondary N) is 4. The van der Waals surface area contributed by atoms with Gasteiger partial charge in [0.25, 0.3) is 0 Å². The number of hydrogen-bond donors (Lipinski definition) is 5. The summed E-state index contributed by atoms with van der Waals surface area (Å²) in [7, 11) is 0. The van der Waals surface area contributed by atoms with Crippen LogP contribution in [0.15, 0.2) is 45.3 Å². The van der Waals surface area contributed by atoms with Crippen LogP contribution in [0.4, 0.5) is 40.3 Å². The van der Waals surface area contributed by atoms with Gasteiger partial charge in [0.2, 0.25) is 23.7 Å². The van der Waals surface area contributed by atoms with Crippen molar-refractivity contribution >= 4 is 66.4 Å². The Hall–Kier alpha value is -2.54. The quantitative estimate of drug-likeness (QED) is 0.153. The van der Waals surface area contributed by atoms with Gasteiger partial charge in [0.05, 0.1) is 22.7 Å². The maximum Gasteiger partial charge on any atom is 0.248 e. The summed E-state index contributed by atoms with van der Waals surface area (Å²) in [6, 6.07) is 10.5. The molecule has 43 heavy (non-hydrogen) atoms. The fourth-order valence-corrected chi connectivity index (χ4v) is 6.18. The monoisotopic (exact) mass is 733 g/mol. The number of benzene rings is 2. The summed E-state index contributed by atoms with van der Waals surface area (Å²) >= 11 is 6.71. The lowest BCUT2D eigenvalue weighted by Crippen LogP contribution is -2.46. The van der Waals surface area contributed by atoms with Crippen molar-refractivity contribution in [3.8, 4) is 0 Å². The van der Waals surface area contributed by atoms with Crippen LogP contribution in [0.2, 0.25) is 0 Å². The van der Waals surface area contributed by atoms with E-state index >= 15 is 0 Å².